The number of hydrogen-bond donors (Lipinski definition) is 1. The summed E-state index contributed by atoms with van der Waals surface area (Å²) in [6.45, 7) is 9.64. The van der Waals surface area contributed by atoms with Crippen molar-refractivity contribution in [1.82, 2.24) is 15.1 Å². The number of rotatable bonds is 4. The first-order valence-electron chi connectivity index (χ1n) is 7.69. The second-order valence-electron chi connectivity index (χ2n) is 5.98. The van der Waals surface area contributed by atoms with Gasteiger partial charge in [-0.2, -0.15) is 0 Å². The van der Waals surface area contributed by atoms with E-state index < -0.39 is 0 Å². The second-order valence-corrected chi connectivity index (χ2v) is 7.78. The molecule has 0 bridgehead atoms. The van der Waals surface area contributed by atoms with Crippen molar-refractivity contribution in [2.45, 2.75) is 19.4 Å². The maximum atomic E-state index is 6.00. The third-order valence-corrected chi connectivity index (χ3v) is 5.66. The van der Waals surface area contributed by atoms with E-state index in [1.807, 2.05) is 6.07 Å². The fraction of sp³-hybridized carbons (Fsp3) is 0.733. The molecule has 2 saturated heterocycles. The molecule has 1 aromatic heterocycles. The van der Waals surface area contributed by atoms with Crippen LogP contribution in [0.1, 0.15) is 17.7 Å². The summed E-state index contributed by atoms with van der Waals surface area (Å²) in [5.74, 6) is 0.916. The fourth-order valence-electron chi connectivity index (χ4n) is 3.22. The van der Waals surface area contributed by atoms with Crippen LogP contribution in [0.4, 0.5) is 0 Å². The van der Waals surface area contributed by atoms with Crippen LogP contribution in [0, 0.1) is 5.92 Å². The zero-order valence-corrected chi connectivity index (χ0v) is 14.8. The molecule has 0 aromatic carbocycles. The minimum atomic E-state index is 0. The molecule has 3 nitrogen and oxygen atoms in total. The van der Waals surface area contributed by atoms with Gasteiger partial charge in [-0.25, -0.2) is 0 Å². The van der Waals surface area contributed by atoms with Gasteiger partial charge in [-0.3, -0.25) is 4.90 Å². The topological polar surface area (TPSA) is 18.5 Å². The molecule has 2 aliphatic rings. The van der Waals surface area contributed by atoms with Gasteiger partial charge in [-0.15, -0.1) is 23.7 Å². The molecule has 0 spiro atoms. The SMILES string of the molecule is Cl.Clc1ccc(CN2CCN(CC3CCNCC3)CC2)s1. The zero-order valence-electron chi connectivity index (χ0n) is 12.4. The summed E-state index contributed by atoms with van der Waals surface area (Å²) >= 11 is 7.71. The Morgan fingerprint density at radius 3 is 2.38 bits per heavy atom. The monoisotopic (exact) mass is 349 g/mol. The van der Waals surface area contributed by atoms with Gasteiger partial charge in [0.05, 0.1) is 4.34 Å². The fourth-order valence-corrected chi connectivity index (χ4v) is 4.35. The van der Waals surface area contributed by atoms with Crippen LogP contribution in [-0.4, -0.2) is 55.6 Å². The number of piperazine rings is 1. The third-order valence-electron chi connectivity index (χ3n) is 4.45. The lowest BCUT2D eigenvalue weighted by Gasteiger charge is -2.37. The lowest BCUT2D eigenvalue weighted by Crippen LogP contribution is -2.48. The molecule has 0 saturated carbocycles. The van der Waals surface area contributed by atoms with Crippen LogP contribution in [-0.2, 0) is 6.54 Å². The van der Waals surface area contributed by atoms with Crippen LogP contribution < -0.4 is 5.32 Å². The first-order valence-corrected chi connectivity index (χ1v) is 8.89. The zero-order chi connectivity index (χ0) is 13.8. The summed E-state index contributed by atoms with van der Waals surface area (Å²) in [6, 6.07) is 4.17. The minimum absolute atomic E-state index is 0. The predicted molar refractivity (Wildman–Crippen MR) is 93.9 cm³/mol. The molecule has 3 rings (SSSR count). The van der Waals surface area contributed by atoms with E-state index in [0.29, 0.717) is 0 Å². The summed E-state index contributed by atoms with van der Waals surface area (Å²) in [5.41, 5.74) is 0. The lowest BCUT2D eigenvalue weighted by molar-refractivity contribution is 0.107. The minimum Gasteiger partial charge on any atom is -0.317 e. The Bertz CT molecular complexity index is 413. The van der Waals surface area contributed by atoms with Crippen molar-refractivity contribution < 1.29 is 0 Å². The number of piperidine rings is 1. The van der Waals surface area contributed by atoms with Gasteiger partial charge in [-0.1, -0.05) is 11.6 Å². The van der Waals surface area contributed by atoms with Crippen LogP contribution in [0.3, 0.4) is 0 Å². The predicted octanol–water partition coefficient (Wildman–Crippen LogP) is 2.94. The molecule has 3 heterocycles. The van der Waals surface area contributed by atoms with Gasteiger partial charge in [0.25, 0.3) is 0 Å². The summed E-state index contributed by atoms with van der Waals surface area (Å²) in [7, 11) is 0. The molecule has 0 radical (unpaired) electrons. The van der Waals surface area contributed by atoms with E-state index >= 15 is 0 Å². The molecule has 1 N–H and O–H groups in total. The Balaban J connectivity index is 0.00000161. The molecular formula is C15H25Cl2N3S. The molecule has 2 aliphatic heterocycles. The molecule has 0 atom stereocenters. The van der Waals surface area contributed by atoms with Gasteiger partial charge in [0.2, 0.25) is 0 Å². The molecule has 0 aliphatic carbocycles. The Morgan fingerprint density at radius 2 is 1.76 bits per heavy atom. The number of halogens is 2. The van der Waals surface area contributed by atoms with Crippen molar-refractivity contribution in [2.24, 2.45) is 5.92 Å². The van der Waals surface area contributed by atoms with Gasteiger partial charge >= 0.3 is 0 Å². The van der Waals surface area contributed by atoms with E-state index in [4.69, 9.17) is 11.6 Å². The van der Waals surface area contributed by atoms with Crippen molar-refractivity contribution >= 4 is 35.3 Å². The maximum absolute atomic E-state index is 6.00. The van der Waals surface area contributed by atoms with Crippen molar-refractivity contribution in [2.75, 3.05) is 45.8 Å². The average Bonchev–Trinajstić information content (AvgIpc) is 2.88. The van der Waals surface area contributed by atoms with E-state index in [-0.39, 0.29) is 12.4 Å². The number of hydrogen-bond acceptors (Lipinski definition) is 4. The highest BCUT2D eigenvalue weighted by Gasteiger charge is 2.21. The highest BCUT2D eigenvalue weighted by molar-refractivity contribution is 7.16. The van der Waals surface area contributed by atoms with Crippen LogP contribution in [0.25, 0.3) is 0 Å². The van der Waals surface area contributed by atoms with Crippen molar-refractivity contribution in [3.8, 4) is 0 Å². The van der Waals surface area contributed by atoms with Crippen LogP contribution in [0.2, 0.25) is 4.34 Å². The van der Waals surface area contributed by atoms with E-state index in [1.165, 1.54) is 63.5 Å². The second kappa shape index (κ2) is 8.70. The molecule has 2 fully saturated rings. The van der Waals surface area contributed by atoms with Crippen LogP contribution in [0.15, 0.2) is 12.1 Å². The quantitative estimate of drug-likeness (QED) is 0.901. The van der Waals surface area contributed by atoms with Crippen LogP contribution >= 0.6 is 35.3 Å². The molecule has 0 amide bonds. The van der Waals surface area contributed by atoms with Gasteiger partial charge in [0.15, 0.2) is 0 Å². The molecule has 6 heteroatoms. The van der Waals surface area contributed by atoms with Gasteiger partial charge < -0.3 is 10.2 Å². The third kappa shape index (κ3) is 5.38. The number of nitrogens with zero attached hydrogens (tertiary/aromatic N) is 2. The van der Waals surface area contributed by atoms with E-state index in [1.54, 1.807) is 11.3 Å². The number of nitrogens with one attached hydrogen (secondary N) is 1. The normalized spacial score (nSPS) is 22.1. The van der Waals surface area contributed by atoms with Crippen molar-refractivity contribution in [3.05, 3.63) is 21.3 Å². The van der Waals surface area contributed by atoms with Gasteiger partial charge in [0.1, 0.15) is 0 Å². The van der Waals surface area contributed by atoms with E-state index in [2.05, 4.69) is 21.2 Å². The average molecular weight is 350 g/mol. The molecule has 21 heavy (non-hydrogen) atoms. The first kappa shape index (κ1) is 17.5. The van der Waals surface area contributed by atoms with Crippen molar-refractivity contribution in [1.29, 1.82) is 0 Å². The Labute approximate surface area is 143 Å². The van der Waals surface area contributed by atoms with E-state index in [0.717, 1.165) is 16.8 Å². The summed E-state index contributed by atoms with van der Waals surface area (Å²) < 4.78 is 0.907. The maximum Gasteiger partial charge on any atom is 0.0931 e. The Morgan fingerprint density at radius 1 is 1.10 bits per heavy atom. The first-order chi connectivity index (χ1) is 9.79. The van der Waals surface area contributed by atoms with Crippen LogP contribution in [0.5, 0.6) is 0 Å². The molecule has 0 unspecified atom stereocenters. The smallest absolute Gasteiger partial charge is 0.0931 e. The largest absolute Gasteiger partial charge is 0.317 e. The highest BCUT2D eigenvalue weighted by Crippen LogP contribution is 2.23. The molecule has 1 aromatic rings. The summed E-state index contributed by atoms with van der Waals surface area (Å²) in [6.07, 6.45) is 2.71. The van der Waals surface area contributed by atoms with Crippen molar-refractivity contribution in [3.63, 3.8) is 0 Å². The van der Waals surface area contributed by atoms with E-state index in [9.17, 15) is 0 Å². The van der Waals surface area contributed by atoms with Gasteiger partial charge in [-0.05, 0) is 44.0 Å². The van der Waals surface area contributed by atoms with Gasteiger partial charge in [0, 0.05) is 44.1 Å². The standard InChI is InChI=1S/C15H24ClN3S.ClH/c16-15-2-1-14(20-15)12-19-9-7-18(8-10-19)11-13-3-5-17-6-4-13;/h1-2,13,17H,3-12H2;1H. The lowest BCUT2D eigenvalue weighted by atomic mass is 9.97. The highest BCUT2D eigenvalue weighted by atomic mass is 35.5. The molecular weight excluding hydrogens is 325 g/mol. The molecule has 120 valence electrons. The Kier molecular flexibility index (Phi) is 7.26. The Hall–Kier alpha value is 0.160. The summed E-state index contributed by atoms with van der Waals surface area (Å²) in [4.78, 5) is 6.61. The number of thiophene rings is 1. The summed E-state index contributed by atoms with van der Waals surface area (Å²) in [5, 5.41) is 3.45.